The third kappa shape index (κ3) is 2.11. The Balaban J connectivity index is 0.00000121. The van der Waals surface area contributed by atoms with E-state index in [1.165, 1.54) is 0 Å². The summed E-state index contributed by atoms with van der Waals surface area (Å²) in [7, 11) is 1.84. The molecular formula is C8H10ClN3. The largest absolute Gasteiger partial charge is 1.00 e. The van der Waals surface area contributed by atoms with E-state index in [4.69, 9.17) is 5.39 Å². The van der Waals surface area contributed by atoms with Crippen LogP contribution in [0.15, 0.2) is 18.2 Å². The van der Waals surface area contributed by atoms with Crippen LogP contribution in [-0.2, 0) is 0 Å². The van der Waals surface area contributed by atoms with Gasteiger partial charge in [0.25, 0.3) is 0 Å². The molecule has 1 N–H and O–H groups in total. The summed E-state index contributed by atoms with van der Waals surface area (Å²) in [5.74, 6) is 0. The number of halogens is 1. The fraction of sp³-hybridized carbons (Fsp3) is 0.250. The Morgan fingerprint density at radius 1 is 1.42 bits per heavy atom. The molecule has 1 rings (SSSR count). The average Bonchev–Trinajstić information content (AvgIpc) is 2.05. The molecule has 0 fully saturated rings. The van der Waals surface area contributed by atoms with Gasteiger partial charge in [-0.3, -0.25) is 0 Å². The van der Waals surface area contributed by atoms with Crippen molar-refractivity contribution in [3.63, 3.8) is 0 Å². The smallest absolute Gasteiger partial charge is 0.387 e. The fourth-order valence-corrected chi connectivity index (χ4v) is 0.942. The van der Waals surface area contributed by atoms with Crippen molar-refractivity contribution in [2.24, 2.45) is 0 Å². The summed E-state index contributed by atoms with van der Waals surface area (Å²) in [6.07, 6.45) is 0. The molecule has 0 saturated carbocycles. The van der Waals surface area contributed by atoms with Gasteiger partial charge in [0.15, 0.2) is 4.98 Å². The summed E-state index contributed by atoms with van der Waals surface area (Å²) in [5.41, 5.74) is 2.69. The number of aryl methyl sites for hydroxylation is 1. The fourth-order valence-electron chi connectivity index (χ4n) is 0.942. The predicted molar refractivity (Wildman–Crippen MR) is 45.5 cm³/mol. The molecule has 0 radical (unpaired) electrons. The van der Waals surface area contributed by atoms with Crippen LogP contribution < -0.4 is 17.7 Å². The van der Waals surface area contributed by atoms with E-state index in [9.17, 15) is 0 Å². The van der Waals surface area contributed by atoms with E-state index >= 15 is 0 Å². The SMILES string of the molecule is CNc1cc([N+]#N)ccc1C.[Cl-]. The van der Waals surface area contributed by atoms with Crippen molar-refractivity contribution in [1.82, 2.24) is 0 Å². The number of rotatable bonds is 1. The molecule has 0 aliphatic heterocycles. The first kappa shape index (κ1) is 10.7. The van der Waals surface area contributed by atoms with Crippen molar-refractivity contribution in [3.8, 4) is 0 Å². The maximum Gasteiger partial charge on any atom is 0.387 e. The number of hydrogen-bond donors (Lipinski definition) is 1. The standard InChI is InChI=1S/C8H10N3.ClH/c1-6-3-4-7(11-9)5-8(6)10-2;/h3-5,10H,1-2H3;1H/q+1;/p-1. The topological polar surface area (TPSA) is 40.2 Å². The zero-order chi connectivity index (χ0) is 8.27. The van der Waals surface area contributed by atoms with Crippen molar-refractivity contribution in [1.29, 1.82) is 5.39 Å². The van der Waals surface area contributed by atoms with E-state index in [-0.39, 0.29) is 12.4 Å². The maximum atomic E-state index is 8.45. The normalized spacial score (nSPS) is 8.08. The van der Waals surface area contributed by atoms with Crippen molar-refractivity contribution in [3.05, 3.63) is 28.7 Å². The van der Waals surface area contributed by atoms with Gasteiger partial charge in [0, 0.05) is 18.8 Å². The van der Waals surface area contributed by atoms with Crippen molar-refractivity contribution < 1.29 is 12.4 Å². The van der Waals surface area contributed by atoms with Gasteiger partial charge in [-0.05, 0) is 18.6 Å². The molecule has 12 heavy (non-hydrogen) atoms. The van der Waals surface area contributed by atoms with Gasteiger partial charge < -0.3 is 17.7 Å². The molecule has 1 aromatic rings. The Kier molecular flexibility index (Phi) is 4.09. The number of hydrogen-bond acceptors (Lipinski definition) is 2. The number of nitrogens with zero attached hydrogens (tertiary/aromatic N) is 2. The minimum absolute atomic E-state index is 0. The molecule has 0 spiro atoms. The van der Waals surface area contributed by atoms with Gasteiger partial charge in [-0.1, -0.05) is 0 Å². The van der Waals surface area contributed by atoms with Gasteiger partial charge in [0.2, 0.25) is 5.39 Å². The number of anilines is 1. The zero-order valence-electron chi connectivity index (χ0n) is 7.00. The lowest BCUT2D eigenvalue weighted by molar-refractivity contribution is -0.00000256. The van der Waals surface area contributed by atoms with Gasteiger partial charge >= 0.3 is 5.69 Å². The maximum absolute atomic E-state index is 8.45. The van der Waals surface area contributed by atoms with Crippen LogP contribution in [0.5, 0.6) is 0 Å². The lowest BCUT2D eigenvalue weighted by Crippen LogP contribution is -3.00. The van der Waals surface area contributed by atoms with Crippen LogP contribution in [0.3, 0.4) is 0 Å². The molecule has 0 bridgehead atoms. The third-order valence-corrected chi connectivity index (χ3v) is 1.61. The van der Waals surface area contributed by atoms with E-state index in [0.29, 0.717) is 5.69 Å². The van der Waals surface area contributed by atoms with E-state index < -0.39 is 0 Å². The van der Waals surface area contributed by atoms with E-state index in [0.717, 1.165) is 11.3 Å². The molecule has 4 heteroatoms. The summed E-state index contributed by atoms with van der Waals surface area (Å²) in [6.45, 7) is 1.99. The summed E-state index contributed by atoms with van der Waals surface area (Å²) in [5, 5.41) is 11.4. The van der Waals surface area contributed by atoms with Crippen LogP contribution in [-0.4, -0.2) is 7.05 Å². The van der Waals surface area contributed by atoms with E-state index in [1.807, 2.05) is 20.0 Å². The van der Waals surface area contributed by atoms with Gasteiger partial charge in [-0.15, -0.1) is 0 Å². The van der Waals surface area contributed by atoms with Crippen LogP contribution in [0, 0.1) is 12.3 Å². The van der Waals surface area contributed by atoms with Crippen molar-refractivity contribution >= 4 is 11.4 Å². The lowest BCUT2D eigenvalue weighted by Gasteiger charge is -2.00. The molecule has 64 valence electrons. The molecule has 1 aromatic carbocycles. The predicted octanol–water partition coefficient (Wildman–Crippen LogP) is -0.475. The van der Waals surface area contributed by atoms with Crippen molar-refractivity contribution in [2.45, 2.75) is 6.92 Å². The molecule has 0 aromatic heterocycles. The quantitative estimate of drug-likeness (QED) is 0.598. The molecule has 0 saturated heterocycles. The molecule has 0 heterocycles. The van der Waals surface area contributed by atoms with Gasteiger partial charge in [0.1, 0.15) is 0 Å². The molecule has 0 atom stereocenters. The van der Waals surface area contributed by atoms with Crippen LogP contribution in [0.25, 0.3) is 4.98 Å². The van der Waals surface area contributed by atoms with Crippen LogP contribution in [0.4, 0.5) is 11.4 Å². The molecule has 3 nitrogen and oxygen atoms in total. The highest BCUT2D eigenvalue weighted by Gasteiger charge is 2.05. The second-order valence-electron chi connectivity index (χ2n) is 2.35. The van der Waals surface area contributed by atoms with Gasteiger partial charge in [0.05, 0.1) is 6.07 Å². The monoisotopic (exact) mass is 183 g/mol. The van der Waals surface area contributed by atoms with Crippen LogP contribution in [0.1, 0.15) is 5.56 Å². The zero-order valence-corrected chi connectivity index (χ0v) is 7.76. The first-order chi connectivity index (χ1) is 5.27. The van der Waals surface area contributed by atoms with Crippen LogP contribution in [0.2, 0.25) is 0 Å². The van der Waals surface area contributed by atoms with Crippen LogP contribution >= 0.6 is 0 Å². The molecule has 0 aliphatic carbocycles. The summed E-state index contributed by atoms with van der Waals surface area (Å²) in [6, 6.07) is 5.45. The minimum atomic E-state index is 0. The van der Waals surface area contributed by atoms with Gasteiger partial charge in [-0.25, -0.2) is 0 Å². The van der Waals surface area contributed by atoms with Gasteiger partial charge in [-0.2, -0.15) is 0 Å². The highest BCUT2D eigenvalue weighted by Crippen LogP contribution is 2.21. The highest BCUT2D eigenvalue weighted by atomic mass is 35.5. The Bertz CT molecular complexity index is 304. The Morgan fingerprint density at radius 3 is 2.58 bits per heavy atom. The third-order valence-electron chi connectivity index (χ3n) is 1.61. The molecular weight excluding hydrogens is 174 g/mol. The summed E-state index contributed by atoms with van der Waals surface area (Å²) < 4.78 is 0. The molecule has 0 amide bonds. The average molecular weight is 184 g/mol. The molecule has 0 aliphatic rings. The Labute approximate surface area is 77.8 Å². The second-order valence-corrected chi connectivity index (χ2v) is 2.35. The summed E-state index contributed by atoms with van der Waals surface area (Å²) in [4.78, 5) is 3.08. The summed E-state index contributed by atoms with van der Waals surface area (Å²) >= 11 is 0. The number of benzene rings is 1. The Hall–Kier alpha value is -1.27. The highest BCUT2D eigenvalue weighted by molar-refractivity contribution is 5.60. The van der Waals surface area contributed by atoms with E-state index in [1.54, 1.807) is 12.1 Å². The minimum Gasteiger partial charge on any atom is -1.00 e. The second kappa shape index (κ2) is 4.58. The lowest BCUT2D eigenvalue weighted by atomic mass is 10.2. The first-order valence-corrected chi connectivity index (χ1v) is 3.41. The molecule has 0 unspecified atom stereocenters. The van der Waals surface area contributed by atoms with Crippen molar-refractivity contribution in [2.75, 3.05) is 12.4 Å². The number of diazo groups is 1. The number of nitrogens with one attached hydrogen (secondary N) is 1. The van der Waals surface area contributed by atoms with E-state index in [2.05, 4.69) is 10.3 Å². The Morgan fingerprint density at radius 2 is 2.08 bits per heavy atom. The first-order valence-electron chi connectivity index (χ1n) is 3.41.